The van der Waals surface area contributed by atoms with E-state index in [-0.39, 0.29) is 28.1 Å². The predicted octanol–water partition coefficient (Wildman–Crippen LogP) is 4.94. The van der Waals surface area contributed by atoms with Gasteiger partial charge in [-0.2, -0.15) is 5.26 Å². The molecule has 1 aliphatic rings. The number of rotatable bonds is 3. The summed E-state index contributed by atoms with van der Waals surface area (Å²) in [7, 11) is 1.55. The van der Waals surface area contributed by atoms with E-state index in [1.165, 1.54) is 33.9 Å². The van der Waals surface area contributed by atoms with Crippen LogP contribution in [0.5, 0.6) is 0 Å². The van der Waals surface area contributed by atoms with Crippen LogP contribution in [-0.2, 0) is 7.05 Å². The fourth-order valence-corrected chi connectivity index (χ4v) is 5.08. The number of nitriles is 1. The monoisotopic (exact) mass is 502 g/mol. The van der Waals surface area contributed by atoms with Crippen molar-refractivity contribution in [2.24, 2.45) is 7.05 Å². The molecule has 3 heterocycles. The van der Waals surface area contributed by atoms with Crippen LogP contribution in [0.2, 0.25) is 5.02 Å². The van der Waals surface area contributed by atoms with Gasteiger partial charge in [-0.1, -0.05) is 17.7 Å². The number of hydrogen-bond donors (Lipinski definition) is 0. The summed E-state index contributed by atoms with van der Waals surface area (Å²) < 4.78 is 18.6. The number of anilines is 1. The molecule has 6 nitrogen and oxygen atoms in total. The first-order valence-corrected chi connectivity index (χ1v) is 10.6. The van der Waals surface area contributed by atoms with Crippen molar-refractivity contribution in [3.05, 3.63) is 84.7 Å². The van der Waals surface area contributed by atoms with Crippen LogP contribution in [-0.4, -0.2) is 15.0 Å². The second-order valence-corrected chi connectivity index (χ2v) is 8.84. The number of pyridine rings is 1. The summed E-state index contributed by atoms with van der Waals surface area (Å²) in [5, 5.41) is 9.07. The van der Waals surface area contributed by atoms with Gasteiger partial charge in [-0.25, -0.2) is 4.39 Å². The third-order valence-corrected chi connectivity index (χ3v) is 6.23. The molecule has 0 N–H and O–H groups in total. The Hall–Kier alpha value is -2.89. The summed E-state index contributed by atoms with van der Waals surface area (Å²) in [6.07, 6.45) is 1.53. The fourth-order valence-electron chi connectivity index (χ4n) is 4.00. The van der Waals surface area contributed by atoms with Gasteiger partial charge in [0.1, 0.15) is 23.0 Å². The van der Waals surface area contributed by atoms with Crippen LogP contribution >= 0.6 is 27.5 Å². The number of carbonyl (C=O) groups is 1. The lowest BCUT2D eigenvalue weighted by atomic mass is 10.0. The highest BCUT2D eigenvalue weighted by Gasteiger charge is 2.43. The molecule has 0 spiro atoms. The highest BCUT2D eigenvalue weighted by Crippen LogP contribution is 2.45. The van der Waals surface area contributed by atoms with Crippen LogP contribution in [0.15, 0.2) is 45.9 Å². The Morgan fingerprint density at radius 2 is 1.94 bits per heavy atom. The van der Waals surface area contributed by atoms with E-state index < -0.39 is 11.9 Å². The molecular formula is C22H17BrClFN4O2. The highest BCUT2D eigenvalue weighted by molar-refractivity contribution is 9.10. The van der Waals surface area contributed by atoms with Gasteiger partial charge in [0.05, 0.1) is 27.1 Å². The van der Waals surface area contributed by atoms with E-state index in [1.807, 2.05) is 24.5 Å². The van der Waals surface area contributed by atoms with Crippen LogP contribution in [0, 0.1) is 17.1 Å². The Kier molecular flexibility index (Phi) is 5.28. The lowest BCUT2D eigenvalue weighted by molar-refractivity contribution is 0.0993. The van der Waals surface area contributed by atoms with E-state index in [0.29, 0.717) is 22.5 Å². The number of carbonyl (C=O) groups excluding carboxylic acids is 1. The summed E-state index contributed by atoms with van der Waals surface area (Å²) in [6.45, 7) is 3.97. The van der Waals surface area contributed by atoms with Crippen LogP contribution in [0.25, 0.3) is 0 Å². The minimum atomic E-state index is -0.674. The number of aromatic nitrogens is 2. The Morgan fingerprint density at radius 3 is 2.52 bits per heavy atom. The predicted molar refractivity (Wildman–Crippen MR) is 119 cm³/mol. The van der Waals surface area contributed by atoms with Crippen molar-refractivity contribution in [2.75, 3.05) is 4.90 Å². The van der Waals surface area contributed by atoms with Crippen LogP contribution < -0.4 is 10.5 Å². The number of halogens is 3. The van der Waals surface area contributed by atoms with E-state index in [0.717, 1.165) is 4.60 Å². The Balaban J connectivity index is 2.01. The molecule has 1 amide bonds. The lowest BCUT2D eigenvalue weighted by Crippen LogP contribution is -2.31. The molecular weight excluding hydrogens is 487 g/mol. The van der Waals surface area contributed by atoms with Crippen molar-refractivity contribution in [3.8, 4) is 6.07 Å². The van der Waals surface area contributed by atoms with Crippen molar-refractivity contribution < 1.29 is 9.18 Å². The molecule has 1 aromatic carbocycles. The standard InChI is InChI=1S/C22H17BrClFN4O2/c1-11(2)28-18(23)8-15-20(28)19(12-4-5-13(9-26)17(25)6-12)29(21(15)30)14-7-16(24)22(31)27(3)10-14/h4-8,10-11,19H,1-3H3. The first-order chi connectivity index (χ1) is 14.6. The highest BCUT2D eigenvalue weighted by atomic mass is 79.9. The van der Waals surface area contributed by atoms with E-state index in [4.69, 9.17) is 16.9 Å². The first kappa shape index (κ1) is 21.3. The maximum absolute atomic E-state index is 14.5. The average Bonchev–Trinajstić information content (AvgIpc) is 3.18. The van der Waals surface area contributed by atoms with Crippen molar-refractivity contribution in [2.45, 2.75) is 25.9 Å². The molecule has 4 rings (SSSR count). The van der Waals surface area contributed by atoms with Gasteiger partial charge >= 0.3 is 0 Å². The molecule has 31 heavy (non-hydrogen) atoms. The minimum Gasteiger partial charge on any atom is -0.334 e. The average molecular weight is 504 g/mol. The van der Waals surface area contributed by atoms with E-state index in [2.05, 4.69) is 15.9 Å². The molecule has 3 aromatic rings. The second-order valence-electron chi connectivity index (χ2n) is 7.62. The zero-order chi connectivity index (χ0) is 22.6. The quantitative estimate of drug-likeness (QED) is 0.508. The number of nitrogens with zero attached hydrogens (tertiary/aromatic N) is 4. The number of amides is 1. The van der Waals surface area contributed by atoms with E-state index in [1.54, 1.807) is 19.2 Å². The molecule has 0 radical (unpaired) electrons. The third kappa shape index (κ3) is 3.29. The summed E-state index contributed by atoms with van der Waals surface area (Å²) in [5.74, 6) is -0.958. The Labute approximate surface area is 191 Å². The van der Waals surface area contributed by atoms with Gasteiger partial charge < -0.3 is 9.13 Å². The van der Waals surface area contributed by atoms with E-state index >= 15 is 0 Å². The molecule has 0 aliphatic carbocycles. The Bertz CT molecular complexity index is 1310. The molecule has 2 aromatic heterocycles. The van der Waals surface area contributed by atoms with Gasteiger partial charge in [-0.3, -0.25) is 14.5 Å². The normalized spacial score (nSPS) is 15.5. The first-order valence-electron chi connectivity index (χ1n) is 9.45. The molecule has 0 saturated carbocycles. The van der Waals surface area contributed by atoms with Gasteiger partial charge in [-0.05, 0) is 59.6 Å². The third-order valence-electron chi connectivity index (χ3n) is 5.34. The zero-order valence-electron chi connectivity index (χ0n) is 16.9. The molecule has 1 atom stereocenters. The van der Waals surface area contributed by atoms with Crippen LogP contribution in [0.3, 0.4) is 0 Å². The SMILES string of the molecule is CC(C)n1c(Br)cc2c1C(c1ccc(C#N)c(F)c1)N(c1cc(Cl)c(=O)n(C)c1)C2=O. The molecule has 1 aliphatic heterocycles. The fraction of sp³-hybridized carbons (Fsp3) is 0.227. The number of benzene rings is 1. The number of aryl methyl sites for hydroxylation is 1. The van der Waals surface area contributed by atoms with Crippen molar-refractivity contribution in [1.82, 2.24) is 9.13 Å². The molecule has 1 unspecified atom stereocenters. The molecule has 9 heteroatoms. The number of hydrogen-bond acceptors (Lipinski definition) is 3. The van der Waals surface area contributed by atoms with Gasteiger partial charge in [0.2, 0.25) is 0 Å². The maximum atomic E-state index is 14.5. The molecule has 0 saturated heterocycles. The summed E-state index contributed by atoms with van der Waals surface area (Å²) in [5.41, 5.74) is 1.62. The van der Waals surface area contributed by atoms with Crippen LogP contribution in [0.4, 0.5) is 10.1 Å². The Morgan fingerprint density at radius 1 is 1.23 bits per heavy atom. The second kappa shape index (κ2) is 7.66. The van der Waals surface area contributed by atoms with Crippen molar-refractivity contribution in [1.29, 1.82) is 5.26 Å². The van der Waals surface area contributed by atoms with Crippen LogP contribution in [0.1, 0.15) is 53.1 Å². The van der Waals surface area contributed by atoms with Gasteiger partial charge in [0.15, 0.2) is 0 Å². The topological polar surface area (TPSA) is 71.0 Å². The van der Waals surface area contributed by atoms with E-state index in [9.17, 15) is 14.0 Å². The largest absolute Gasteiger partial charge is 0.334 e. The van der Waals surface area contributed by atoms with Gasteiger partial charge in [0.25, 0.3) is 11.5 Å². The van der Waals surface area contributed by atoms with Crippen molar-refractivity contribution in [3.63, 3.8) is 0 Å². The summed E-state index contributed by atoms with van der Waals surface area (Å²) >= 11 is 9.64. The summed E-state index contributed by atoms with van der Waals surface area (Å²) in [4.78, 5) is 27.1. The smallest absolute Gasteiger partial charge is 0.269 e. The molecule has 0 fully saturated rings. The lowest BCUT2D eigenvalue weighted by Gasteiger charge is -2.29. The van der Waals surface area contributed by atoms with Crippen molar-refractivity contribution >= 4 is 39.1 Å². The van der Waals surface area contributed by atoms with Gasteiger partial charge in [-0.15, -0.1) is 0 Å². The summed E-state index contributed by atoms with van der Waals surface area (Å²) in [6, 6.07) is 8.65. The molecule has 158 valence electrons. The van der Waals surface area contributed by atoms with Gasteiger partial charge in [0, 0.05) is 19.3 Å². The maximum Gasteiger partial charge on any atom is 0.269 e. The zero-order valence-corrected chi connectivity index (χ0v) is 19.2. The minimum absolute atomic E-state index is 0.0142. The molecule has 0 bridgehead atoms. The number of fused-ring (bicyclic) bond motifs is 1.